The highest BCUT2D eigenvalue weighted by atomic mass is 35.5. The molecule has 1 aliphatic heterocycles. The van der Waals surface area contributed by atoms with Gasteiger partial charge in [-0.05, 0) is 48.8 Å². The zero-order valence-corrected chi connectivity index (χ0v) is 19.6. The minimum Gasteiger partial charge on any atom is -0.351 e. The number of likely N-dealkylation sites (tertiary alicyclic amines) is 1. The van der Waals surface area contributed by atoms with E-state index in [0.29, 0.717) is 18.4 Å². The lowest BCUT2D eigenvalue weighted by atomic mass is 10.00. The maximum atomic E-state index is 14.3. The standard InChI is InChI=1S/C25H25F3N4O2.ClH/c26-19-12-21(28)20(27)9-15(19)7-17(11-24(33)32-18(13-29)8-16-10-23(16)32)31-25(34)22(30)6-14-4-2-1-3-5-14;/h1-5,9,12,16-18,22-23H,6-8,10-11,30H2,(H,31,34);1H. The van der Waals surface area contributed by atoms with Crippen LogP contribution in [0, 0.1) is 34.7 Å². The van der Waals surface area contributed by atoms with Gasteiger partial charge in [0.1, 0.15) is 11.9 Å². The van der Waals surface area contributed by atoms with Gasteiger partial charge >= 0.3 is 0 Å². The molecule has 0 aromatic heterocycles. The number of hydrogen-bond donors (Lipinski definition) is 2. The van der Waals surface area contributed by atoms with Gasteiger partial charge in [-0.25, -0.2) is 13.2 Å². The normalized spacial score (nSPS) is 21.8. The summed E-state index contributed by atoms with van der Waals surface area (Å²) in [4.78, 5) is 27.4. The summed E-state index contributed by atoms with van der Waals surface area (Å²) in [6.07, 6.45) is 1.24. The molecule has 1 saturated heterocycles. The van der Waals surface area contributed by atoms with Crippen LogP contribution in [0.4, 0.5) is 13.2 Å². The highest BCUT2D eigenvalue weighted by Crippen LogP contribution is 2.47. The van der Waals surface area contributed by atoms with Gasteiger partial charge in [-0.3, -0.25) is 9.59 Å². The van der Waals surface area contributed by atoms with Crippen molar-refractivity contribution in [3.05, 3.63) is 71.0 Å². The molecule has 35 heavy (non-hydrogen) atoms. The minimum atomic E-state index is -1.32. The van der Waals surface area contributed by atoms with Gasteiger partial charge in [0.2, 0.25) is 11.8 Å². The first-order chi connectivity index (χ1) is 16.3. The highest BCUT2D eigenvalue weighted by Gasteiger charge is 2.54. The Bertz CT molecular complexity index is 1130. The van der Waals surface area contributed by atoms with Crippen LogP contribution in [0.5, 0.6) is 0 Å². The molecular formula is C25H26ClF3N4O2. The first kappa shape index (κ1) is 26.5. The number of nitrogens with one attached hydrogen (secondary N) is 1. The number of fused-ring (bicyclic) bond motifs is 1. The van der Waals surface area contributed by atoms with Gasteiger partial charge < -0.3 is 16.0 Å². The number of carbonyl (C=O) groups excluding carboxylic acids is 2. The third kappa shape index (κ3) is 6.13. The van der Waals surface area contributed by atoms with E-state index >= 15 is 0 Å². The van der Waals surface area contributed by atoms with E-state index in [2.05, 4.69) is 11.4 Å². The third-order valence-electron chi connectivity index (χ3n) is 6.50. The topological polar surface area (TPSA) is 99.2 Å². The molecule has 1 saturated carbocycles. The Labute approximate surface area is 207 Å². The zero-order chi connectivity index (χ0) is 24.4. The van der Waals surface area contributed by atoms with Crippen LogP contribution in [0.1, 0.15) is 30.4 Å². The predicted molar refractivity (Wildman–Crippen MR) is 125 cm³/mol. The molecule has 0 radical (unpaired) electrons. The summed E-state index contributed by atoms with van der Waals surface area (Å²) >= 11 is 0. The quantitative estimate of drug-likeness (QED) is 0.538. The van der Waals surface area contributed by atoms with Gasteiger partial charge in [0.25, 0.3) is 0 Å². The molecule has 5 unspecified atom stereocenters. The number of nitrogens with two attached hydrogens (primary N) is 1. The molecule has 6 nitrogen and oxygen atoms in total. The molecule has 0 spiro atoms. The van der Waals surface area contributed by atoms with Gasteiger partial charge in [0.05, 0.1) is 12.1 Å². The Morgan fingerprint density at radius 3 is 2.46 bits per heavy atom. The van der Waals surface area contributed by atoms with Crippen molar-refractivity contribution in [1.82, 2.24) is 10.2 Å². The van der Waals surface area contributed by atoms with Crippen LogP contribution < -0.4 is 11.1 Å². The van der Waals surface area contributed by atoms with E-state index in [1.54, 1.807) is 0 Å². The van der Waals surface area contributed by atoms with Gasteiger partial charge in [-0.2, -0.15) is 5.26 Å². The first-order valence-electron chi connectivity index (χ1n) is 11.2. The van der Waals surface area contributed by atoms with Crippen molar-refractivity contribution in [3.8, 4) is 6.07 Å². The van der Waals surface area contributed by atoms with E-state index < -0.39 is 41.5 Å². The van der Waals surface area contributed by atoms with Crippen LogP contribution in [-0.2, 0) is 22.4 Å². The Balaban J connectivity index is 0.00000342. The second-order valence-electron chi connectivity index (χ2n) is 9.01. The highest BCUT2D eigenvalue weighted by molar-refractivity contribution is 5.85. The minimum absolute atomic E-state index is 0. The molecule has 2 aromatic carbocycles. The molecular weight excluding hydrogens is 481 g/mol. The largest absolute Gasteiger partial charge is 0.351 e. The molecule has 4 rings (SSSR count). The number of halogens is 4. The number of carbonyl (C=O) groups is 2. The van der Waals surface area contributed by atoms with Crippen LogP contribution >= 0.6 is 12.4 Å². The molecule has 186 valence electrons. The molecule has 2 aromatic rings. The maximum absolute atomic E-state index is 14.3. The fourth-order valence-corrected chi connectivity index (χ4v) is 4.68. The average Bonchev–Trinajstić information content (AvgIpc) is 3.46. The van der Waals surface area contributed by atoms with Crippen molar-refractivity contribution < 1.29 is 22.8 Å². The average molecular weight is 507 g/mol. The van der Waals surface area contributed by atoms with Crippen molar-refractivity contribution in [3.63, 3.8) is 0 Å². The summed E-state index contributed by atoms with van der Waals surface area (Å²) in [5.74, 6) is -4.11. The molecule has 2 aliphatic rings. The van der Waals surface area contributed by atoms with Crippen molar-refractivity contribution in [1.29, 1.82) is 5.26 Å². The number of nitrogens with zero attached hydrogens (tertiary/aromatic N) is 2. The Kier molecular flexibility index (Phi) is 8.41. The molecule has 5 atom stereocenters. The lowest BCUT2D eigenvalue weighted by Crippen LogP contribution is -2.49. The SMILES string of the molecule is Cl.N#CC1CC2CC2N1C(=O)CC(Cc1cc(F)c(F)cc1F)NC(=O)C(N)Cc1ccccc1. The fourth-order valence-electron chi connectivity index (χ4n) is 4.68. The number of nitriles is 1. The summed E-state index contributed by atoms with van der Waals surface area (Å²) in [6, 6.07) is 10.1. The summed E-state index contributed by atoms with van der Waals surface area (Å²) < 4.78 is 41.4. The van der Waals surface area contributed by atoms with Crippen molar-refractivity contribution in [2.24, 2.45) is 11.7 Å². The Morgan fingerprint density at radius 2 is 1.77 bits per heavy atom. The summed E-state index contributed by atoms with van der Waals surface area (Å²) in [5.41, 5.74) is 6.73. The second kappa shape index (κ2) is 11.1. The summed E-state index contributed by atoms with van der Waals surface area (Å²) in [7, 11) is 0. The number of hydrogen-bond acceptors (Lipinski definition) is 4. The molecule has 1 heterocycles. The van der Waals surface area contributed by atoms with E-state index in [-0.39, 0.29) is 49.2 Å². The molecule has 10 heteroatoms. The third-order valence-corrected chi connectivity index (χ3v) is 6.50. The predicted octanol–water partition coefficient (Wildman–Crippen LogP) is 3.03. The fraction of sp³-hybridized carbons (Fsp3) is 0.400. The molecule has 2 amide bonds. The van der Waals surface area contributed by atoms with Gasteiger partial charge in [-0.1, -0.05) is 30.3 Å². The van der Waals surface area contributed by atoms with E-state index in [0.717, 1.165) is 18.1 Å². The van der Waals surface area contributed by atoms with Crippen LogP contribution in [-0.4, -0.2) is 40.9 Å². The number of rotatable bonds is 8. The smallest absolute Gasteiger partial charge is 0.237 e. The van der Waals surface area contributed by atoms with Crippen LogP contribution in [0.25, 0.3) is 0 Å². The first-order valence-corrected chi connectivity index (χ1v) is 11.2. The van der Waals surface area contributed by atoms with E-state index in [1.165, 1.54) is 4.90 Å². The zero-order valence-electron chi connectivity index (χ0n) is 18.8. The number of benzene rings is 2. The molecule has 3 N–H and O–H groups in total. The second-order valence-corrected chi connectivity index (χ2v) is 9.01. The molecule has 0 bridgehead atoms. The molecule has 1 aliphatic carbocycles. The van der Waals surface area contributed by atoms with Gasteiger partial charge in [0, 0.05) is 24.6 Å². The number of amides is 2. The van der Waals surface area contributed by atoms with Crippen molar-refractivity contribution in [2.45, 2.75) is 56.3 Å². The summed E-state index contributed by atoms with van der Waals surface area (Å²) in [5, 5.41) is 12.1. The molecule has 2 fully saturated rings. The Hall–Kier alpha value is -3.09. The van der Waals surface area contributed by atoms with Gasteiger partial charge in [-0.15, -0.1) is 12.4 Å². The Morgan fingerprint density at radius 1 is 1.09 bits per heavy atom. The lowest BCUT2D eigenvalue weighted by molar-refractivity contribution is -0.133. The van der Waals surface area contributed by atoms with E-state index in [9.17, 15) is 28.0 Å². The maximum Gasteiger partial charge on any atom is 0.237 e. The van der Waals surface area contributed by atoms with Gasteiger partial charge in [0.15, 0.2) is 11.6 Å². The van der Waals surface area contributed by atoms with Crippen LogP contribution in [0.3, 0.4) is 0 Å². The lowest BCUT2D eigenvalue weighted by Gasteiger charge is -2.27. The van der Waals surface area contributed by atoms with Crippen molar-refractivity contribution >= 4 is 24.2 Å². The van der Waals surface area contributed by atoms with Crippen molar-refractivity contribution in [2.75, 3.05) is 0 Å². The number of piperidine rings is 1. The van der Waals surface area contributed by atoms with E-state index in [1.807, 2.05) is 30.3 Å². The van der Waals surface area contributed by atoms with Crippen LogP contribution in [0.2, 0.25) is 0 Å². The van der Waals surface area contributed by atoms with E-state index in [4.69, 9.17) is 5.73 Å². The summed E-state index contributed by atoms with van der Waals surface area (Å²) in [6.45, 7) is 0. The monoisotopic (exact) mass is 506 g/mol. The van der Waals surface area contributed by atoms with Crippen LogP contribution in [0.15, 0.2) is 42.5 Å².